The second-order valence-electron chi connectivity index (χ2n) is 4.82. The third-order valence-corrected chi connectivity index (χ3v) is 4.88. The van der Waals surface area contributed by atoms with E-state index in [1.807, 2.05) is 12.1 Å². The summed E-state index contributed by atoms with van der Waals surface area (Å²) >= 11 is 7.53. The van der Waals surface area contributed by atoms with Crippen molar-refractivity contribution < 1.29 is 0 Å². The number of hydrazine groups is 1. The molecule has 0 bridgehead atoms. The SMILES string of the molecule is CCC(CC)n1ccc(CC(NN)c2ccc(Cl)s2)n1. The lowest BCUT2D eigenvalue weighted by Crippen LogP contribution is -2.29. The van der Waals surface area contributed by atoms with E-state index in [-0.39, 0.29) is 6.04 Å². The minimum Gasteiger partial charge on any atom is -0.271 e. The van der Waals surface area contributed by atoms with Crippen LogP contribution in [-0.2, 0) is 6.42 Å². The van der Waals surface area contributed by atoms with Crippen LogP contribution in [0.2, 0.25) is 4.34 Å². The van der Waals surface area contributed by atoms with Crippen molar-refractivity contribution >= 4 is 22.9 Å². The van der Waals surface area contributed by atoms with Gasteiger partial charge in [-0.25, -0.2) is 0 Å². The van der Waals surface area contributed by atoms with Gasteiger partial charge in [0.25, 0.3) is 0 Å². The Kier molecular flexibility index (Phi) is 5.60. The number of hydrogen-bond acceptors (Lipinski definition) is 4. The standard InChI is InChI=1S/C14H21ClN4S/c1-3-11(4-2)19-8-7-10(18-19)9-12(17-16)13-5-6-14(15)20-13/h5-8,11-12,17H,3-4,9,16H2,1-2H3. The minimum atomic E-state index is 0.0533. The molecule has 2 aromatic rings. The van der Waals surface area contributed by atoms with Crippen LogP contribution in [0, 0.1) is 0 Å². The normalized spacial score (nSPS) is 13.1. The Morgan fingerprint density at radius 1 is 1.35 bits per heavy atom. The largest absolute Gasteiger partial charge is 0.271 e. The lowest BCUT2D eigenvalue weighted by molar-refractivity contribution is 0.423. The third kappa shape index (κ3) is 3.61. The maximum atomic E-state index is 5.98. The van der Waals surface area contributed by atoms with Gasteiger partial charge in [-0.3, -0.25) is 16.0 Å². The van der Waals surface area contributed by atoms with E-state index in [0.29, 0.717) is 6.04 Å². The maximum absolute atomic E-state index is 5.98. The number of thiophene rings is 1. The highest BCUT2D eigenvalue weighted by molar-refractivity contribution is 7.16. The van der Waals surface area contributed by atoms with Gasteiger partial charge in [-0.1, -0.05) is 25.4 Å². The maximum Gasteiger partial charge on any atom is 0.0931 e. The van der Waals surface area contributed by atoms with Crippen molar-refractivity contribution in [2.75, 3.05) is 0 Å². The van der Waals surface area contributed by atoms with Gasteiger partial charge >= 0.3 is 0 Å². The molecule has 1 unspecified atom stereocenters. The first-order chi connectivity index (χ1) is 9.67. The Bertz CT molecular complexity index is 533. The molecule has 0 amide bonds. The number of nitrogens with two attached hydrogens (primary N) is 1. The van der Waals surface area contributed by atoms with Crippen molar-refractivity contribution in [2.24, 2.45) is 5.84 Å². The fourth-order valence-electron chi connectivity index (χ4n) is 2.32. The Balaban J connectivity index is 2.08. The van der Waals surface area contributed by atoms with Crippen LogP contribution in [0.5, 0.6) is 0 Å². The lowest BCUT2D eigenvalue weighted by Gasteiger charge is -2.14. The van der Waals surface area contributed by atoms with Crippen molar-refractivity contribution in [3.63, 3.8) is 0 Å². The topological polar surface area (TPSA) is 55.9 Å². The molecule has 20 heavy (non-hydrogen) atoms. The number of nitrogens with one attached hydrogen (secondary N) is 1. The molecule has 0 aromatic carbocycles. The van der Waals surface area contributed by atoms with Gasteiger partial charge in [-0.15, -0.1) is 11.3 Å². The molecule has 0 aliphatic carbocycles. The van der Waals surface area contributed by atoms with Crippen LogP contribution in [0.15, 0.2) is 24.4 Å². The summed E-state index contributed by atoms with van der Waals surface area (Å²) in [6, 6.07) is 6.50. The zero-order valence-electron chi connectivity index (χ0n) is 11.8. The zero-order valence-corrected chi connectivity index (χ0v) is 13.4. The summed E-state index contributed by atoms with van der Waals surface area (Å²) in [6.07, 6.45) is 5.01. The van der Waals surface area contributed by atoms with Crippen LogP contribution < -0.4 is 11.3 Å². The average molecular weight is 313 g/mol. The molecule has 2 rings (SSSR count). The molecular weight excluding hydrogens is 292 g/mol. The van der Waals surface area contributed by atoms with E-state index >= 15 is 0 Å². The van der Waals surface area contributed by atoms with Gasteiger partial charge < -0.3 is 0 Å². The van der Waals surface area contributed by atoms with Gasteiger partial charge in [0, 0.05) is 17.5 Å². The van der Waals surface area contributed by atoms with Gasteiger partial charge in [0.2, 0.25) is 0 Å². The summed E-state index contributed by atoms with van der Waals surface area (Å²) in [7, 11) is 0. The predicted molar refractivity (Wildman–Crippen MR) is 84.9 cm³/mol. The molecule has 0 fully saturated rings. The third-order valence-electron chi connectivity index (χ3n) is 3.53. The van der Waals surface area contributed by atoms with Crippen molar-refractivity contribution in [1.29, 1.82) is 0 Å². The molecule has 1 atom stereocenters. The van der Waals surface area contributed by atoms with Crippen LogP contribution in [-0.4, -0.2) is 9.78 Å². The van der Waals surface area contributed by atoms with Crippen LogP contribution in [0.3, 0.4) is 0 Å². The summed E-state index contributed by atoms with van der Waals surface area (Å²) < 4.78 is 2.84. The van der Waals surface area contributed by atoms with Gasteiger partial charge in [-0.2, -0.15) is 5.10 Å². The van der Waals surface area contributed by atoms with E-state index in [2.05, 4.69) is 41.3 Å². The molecule has 0 saturated carbocycles. The number of nitrogens with zero attached hydrogens (tertiary/aromatic N) is 2. The first-order valence-corrected chi connectivity index (χ1v) is 8.12. The monoisotopic (exact) mass is 312 g/mol. The summed E-state index contributed by atoms with van der Waals surface area (Å²) in [4.78, 5) is 1.13. The number of aromatic nitrogens is 2. The van der Waals surface area contributed by atoms with Gasteiger partial charge in [0.15, 0.2) is 0 Å². The fourth-order valence-corrected chi connectivity index (χ4v) is 3.44. The molecule has 3 N–H and O–H groups in total. The van der Waals surface area contributed by atoms with E-state index < -0.39 is 0 Å². The minimum absolute atomic E-state index is 0.0533. The summed E-state index contributed by atoms with van der Waals surface area (Å²) in [5, 5.41) is 4.67. The zero-order chi connectivity index (χ0) is 14.5. The summed E-state index contributed by atoms with van der Waals surface area (Å²) in [6.45, 7) is 4.38. The predicted octanol–water partition coefficient (Wildman–Crippen LogP) is 3.71. The molecule has 2 aromatic heterocycles. The van der Waals surface area contributed by atoms with Crippen LogP contribution >= 0.6 is 22.9 Å². The molecule has 0 saturated heterocycles. The molecule has 0 aliphatic rings. The van der Waals surface area contributed by atoms with Crippen molar-refractivity contribution in [2.45, 2.75) is 45.2 Å². The van der Waals surface area contributed by atoms with Gasteiger partial charge in [0.1, 0.15) is 0 Å². The van der Waals surface area contributed by atoms with E-state index in [1.165, 1.54) is 0 Å². The number of hydrogen-bond donors (Lipinski definition) is 2. The molecule has 6 heteroatoms. The van der Waals surface area contributed by atoms with E-state index in [1.54, 1.807) is 11.3 Å². The highest BCUT2D eigenvalue weighted by atomic mass is 35.5. The van der Waals surface area contributed by atoms with Crippen LogP contribution in [0.4, 0.5) is 0 Å². The van der Waals surface area contributed by atoms with Crippen LogP contribution in [0.25, 0.3) is 0 Å². The second-order valence-corrected chi connectivity index (χ2v) is 6.57. The Morgan fingerprint density at radius 3 is 2.65 bits per heavy atom. The molecule has 0 aliphatic heterocycles. The molecule has 0 spiro atoms. The van der Waals surface area contributed by atoms with E-state index in [9.17, 15) is 0 Å². The highest BCUT2D eigenvalue weighted by Crippen LogP contribution is 2.28. The molecular formula is C14H21ClN4S. The Labute approximate surface area is 128 Å². The van der Waals surface area contributed by atoms with E-state index in [0.717, 1.165) is 34.2 Å². The van der Waals surface area contributed by atoms with Crippen LogP contribution in [0.1, 0.15) is 49.3 Å². The first-order valence-electron chi connectivity index (χ1n) is 6.93. The summed E-state index contributed by atoms with van der Waals surface area (Å²) in [5.74, 6) is 5.66. The summed E-state index contributed by atoms with van der Waals surface area (Å²) in [5.41, 5.74) is 3.89. The van der Waals surface area contributed by atoms with Gasteiger partial charge in [-0.05, 0) is 31.0 Å². The van der Waals surface area contributed by atoms with Crippen molar-refractivity contribution in [3.05, 3.63) is 39.3 Å². The number of rotatable bonds is 7. The quantitative estimate of drug-likeness (QED) is 0.605. The Hall–Kier alpha value is -0.880. The Morgan fingerprint density at radius 2 is 2.10 bits per heavy atom. The first kappa shape index (κ1) is 15.5. The second kappa shape index (κ2) is 7.22. The average Bonchev–Trinajstić information content (AvgIpc) is 3.07. The molecule has 0 radical (unpaired) electrons. The van der Waals surface area contributed by atoms with E-state index in [4.69, 9.17) is 17.4 Å². The molecule has 2 heterocycles. The molecule has 4 nitrogen and oxygen atoms in total. The van der Waals surface area contributed by atoms with Crippen molar-refractivity contribution in [1.82, 2.24) is 15.2 Å². The lowest BCUT2D eigenvalue weighted by atomic mass is 10.1. The highest BCUT2D eigenvalue weighted by Gasteiger charge is 2.15. The smallest absolute Gasteiger partial charge is 0.0931 e. The molecule has 110 valence electrons. The number of halogens is 1. The van der Waals surface area contributed by atoms with Crippen molar-refractivity contribution in [3.8, 4) is 0 Å². The fraction of sp³-hybridized carbons (Fsp3) is 0.500. The van der Waals surface area contributed by atoms with Gasteiger partial charge in [0.05, 0.1) is 22.1 Å².